The minimum Gasteiger partial charge on any atom is -0.354 e. The average Bonchev–Trinajstić information content (AvgIpc) is 2.22. The van der Waals surface area contributed by atoms with Crippen LogP contribution in [0.2, 0.25) is 5.15 Å². The summed E-state index contributed by atoms with van der Waals surface area (Å²) in [5.41, 5.74) is 1.92. The number of halogens is 2. The van der Waals surface area contributed by atoms with E-state index in [0.29, 0.717) is 5.15 Å². The number of nitrogens with one attached hydrogen (secondary N) is 1. The van der Waals surface area contributed by atoms with Gasteiger partial charge in [-0.3, -0.25) is 0 Å². The molecule has 0 amide bonds. The first-order chi connectivity index (χ1) is 7.25. The lowest BCUT2D eigenvalue weighted by atomic mass is 10.3. The van der Waals surface area contributed by atoms with Crippen LogP contribution in [0.4, 0.5) is 11.4 Å². The Labute approximate surface area is 101 Å². The second-order valence-corrected chi connectivity index (χ2v) is 4.21. The number of benzene rings is 1. The molecule has 2 rings (SSSR count). The summed E-state index contributed by atoms with van der Waals surface area (Å²) in [7, 11) is 0. The number of hydrogen-bond acceptors (Lipinski definition) is 2. The van der Waals surface area contributed by atoms with Gasteiger partial charge in [0, 0.05) is 16.4 Å². The molecule has 15 heavy (non-hydrogen) atoms. The fourth-order valence-electron chi connectivity index (χ4n) is 1.20. The molecular formula is C11H8BrClN2. The molecule has 0 aliphatic carbocycles. The van der Waals surface area contributed by atoms with Crippen LogP contribution in [0.5, 0.6) is 0 Å². The SMILES string of the molecule is Clc1cc(Nc2ccccc2Br)ccn1. The molecule has 0 atom stereocenters. The summed E-state index contributed by atoms with van der Waals surface area (Å²) >= 11 is 9.25. The van der Waals surface area contributed by atoms with Crippen molar-refractivity contribution in [2.75, 3.05) is 5.32 Å². The molecule has 0 radical (unpaired) electrons. The monoisotopic (exact) mass is 282 g/mol. The van der Waals surface area contributed by atoms with Gasteiger partial charge in [-0.05, 0) is 40.2 Å². The minimum atomic E-state index is 0.479. The Bertz CT molecular complexity index is 474. The smallest absolute Gasteiger partial charge is 0.131 e. The van der Waals surface area contributed by atoms with Gasteiger partial charge in [-0.25, -0.2) is 4.98 Å². The molecule has 1 N–H and O–H groups in total. The van der Waals surface area contributed by atoms with Crippen molar-refractivity contribution in [1.29, 1.82) is 0 Å². The summed E-state index contributed by atoms with van der Waals surface area (Å²) in [6, 6.07) is 11.5. The van der Waals surface area contributed by atoms with Crippen molar-refractivity contribution >= 4 is 38.9 Å². The second kappa shape index (κ2) is 4.64. The zero-order valence-corrected chi connectivity index (χ0v) is 10.1. The first-order valence-corrected chi connectivity index (χ1v) is 5.56. The molecule has 0 aliphatic heterocycles. The minimum absolute atomic E-state index is 0.479. The van der Waals surface area contributed by atoms with Crippen LogP contribution in [-0.4, -0.2) is 4.98 Å². The van der Waals surface area contributed by atoms with Gasteiger partial charge in [-0.2, -0.15) is 0 Å². The molecule has 1 aromatic carbocycles. The fraction of sp³-hybridized carbons (Fsp3) is 0. The predicted octanol–water partition coefficient (Wildman–Crippen LogP) is 4.24. The Hall–Kier alpha value is -1.06. The molecule has 0 unspecified atom stereocenters. The molecule has 2 aromatic rings. The van der Waals surface area contributed by atoms with Gasteiger partial charge in [-0.1, -0.05) is 23.7 Å². The standard InChI is InChI=1S/C11H8BrClN2/c12-9-3-1-2-4-10(9)15-8-5-6-14-11(13)7-8/h1-7H,(H,14,15). The van der Waals surface area contributed by atoms with Crippen molar-refractivity contribution in [2.24, 2.45) is 0 Å². The molecule has 1 heterocycles. The third-order valence-electron chi connectivity index (χ3n) is 1.88. The number of rotatable bonds is 2. The quantitative estimate of drug-likeness (QED) is 0.834. The van der Waals surface area contributed by atoms with Crippen LogP contribution in [0.15, 0.2) is 47.1 Å². The van der Waals surface area contributed by atoms with Crippen molar-refractivity contribution in [3.63, 3.8) is 0 Å². The van der Waals surface area contributed by atoms with E-state index in [1.54, 1.807) is 12.3 Å². The number of nitrogens with zero attached hydrogens (tertiary/aromatic N) is 1. The van der Waals surface area contributed by atoms with Crippen LogP contribution in [0.1, 0.15) is 0 Å². The van der Waals surface area contributed by atoms with Crippen molar-refractivity contribution in [3.8, 4) is 0 Å². The highest BCUT2D eigenvalue weighted by Gasteiger charge is 1.99. The maximum Gasteiger partial charge on any atom is 0.131 e. The summed E-state index contributed by atoms with van der Waals surface area (Å²) < 4.78 is 1.01. The Morgan fingerprint density at radius 2 is 2.00 bits per heavy atom. The molecule has 76 valence electrons. The van der Waals surface area contributed by atoms with Crippen molar-refractivity contribution in [1.82, 2.24) is 4.98 Å². The first-order valence-electron chi connectivity index (χ1n) is 4.39. The van der Waals surface area contributed by atoms with E-state index in [9.17, 15) is 0 Å². The highest BCUT2D eigenvalue weighted by Crippen LogP contribution is 2.25. The van der Waals surface area contributed by atoms with Crippen LogP contribution in [-0.2, 0) is 0 Å². The van der Waals surface area contributed by atoms with Gasteiger partial charge in [0.25, 0.3) is 0 Å². The third-order valence-corrected chi connectivity index (χ3v) is 2.78. The van der Waals surface area contributed by atoms with Crippen LogP contribution in [0.3, 0.4) is 0 Å². The van der Waals surface area contributed by atoms with Gasteiger partial charge in [0.2, 0.25) is 0 Å². The Morgan fingerprint density at radius 1 is 1.20 bits per heavy atom. The Morgan fingerprint density at radius 3 is 2.73 bits per heavy atom. The number of aromatic nitrogens is 1. The normalized spacial score (nSPS) is 10.0. The lowest BCUT2D eigenvalue weighted by Gasteiger charge is -2.07. The van der Waals surface area contributed by atoms with E-state index < -0.39 is 0 Å². The van der Waals surface area contributed by atoms with Gasteiger partial charge >= 0.3 is 0 Å². The molecule has 0 aliphatic rings. The molecule has 0 fully saturated rings. The van der Waals surface area contributed by atoms with Gasteiger partial charge < -0.3 is 5.32 Å². The zero-order chi connectivity index (χ0) is 10.7. The van der Waals surface area contributed by atoms with Crippen molar-refractivity contribution in [3.05, 3.63) is 52.2 Å². The van der Waals surface area contributed by atoms with Gasteiger partial charge in [0.1, 0.15) is 5.15 Å². The third kappa shape index (κ3) is 2.70. The van der Waals surface area contributed by atoms with E-state index in [0.717, 1.165) is 15.8 Å². The summed E-state index contributed by atoms with van der Waals surface area (Å²) in [6.07, 6.45) is 1.67. The topological polar surface area (TPSA) is 24.9 Å². The molecule has 0 saturated heterocycles. The van der Waals surface area contributed by atoms with E-state index in [1.165, 1.54) is 0 Å². The summed E-state index contributed by atoms with van der Waals surface area (Å²) in [4.78, 5) is 3.92. The van der Waals surface area contributed by atoms with E-state index in [4.69, 9.17) is 11.6 Å². The van der Waals surface area contributed by atoms with Crippen LogP contribution in [0, 0.1) is 0 Å². The van der Waals surface area contributed by atoms with Crippen LogP contribution < -0.4 is 5.32 Å². The predicted molar refractivity (Wildman–Crippen MR) is 66.7 cm³/mol. The van der Waals surface area contributed by atoms with E-state index in [1.807, 2.05) is 30.3 Å². The van der Waals surface area contributed by atoms with E-state index >= 15 is 0 Å². The Kier molecular flexibility index (Phi) is 3.23. The summed E-state index contributed by atoms with van der Waals surface area (Å²) in [6.45, 7) is 0. The van der Waals surface area contributed by atoms with Crippen LogP contribution in [0.25, 0.3) is 0 Å². The van der Waals surface area contributed by atoms with Gasteiger partial charge in [0.05, 0.1) is 5.69 Å². The molecule has 4 heteroatoms. The van der Waals surface area contributed by atoms with E-state index in [-0.39, 0.29) is 0 Å². The number of para-hydroxylation sites is 1. The molecule has 0 bridgehead atoms. The molecule has 2 nitrogen and oxygen atoms in total. The average molecular weight is 284 g/mol. The Balaban J connectivity index is 2.26. The van der Waals surface area contributed by atoms with Gasteiger partial charge in [0.15, 0.2) is 0 Å². The highest BCUT2D eigenvalue weighted by molar-refractivity contribution is 9.10. The fourth-order valence-corrected chi connectivity index (χ4v) is 1.76. The number of anilines is 2. The number of hydrogen-bond donors (Lipinski definition) is 1. The number of pyridine rings is 1. The summed E-state index contributed by atoms with van der Waals surface area (Å²) in [5.74, 6) is 0. The van der Waals surface area contributed by atoms with Crippen molar-refractivity contribution in [2.45, 2.75) is 0 Å². The largest absolute Gasteiger partial charge is 0.354 e. The first kappa shape index (κ1) is 10.5. The maximum atomic E-state index is 5.79. The molecule has 1 aromatic heterocycles. The second-order valence-electron chi connectivity index (χ2n) is 2.97. The van der Waals surface area contributed by atoms with Crippen molar-refractivity contribution < 1.29 is 0 Å². The van der Waals surface area contributed by atoms with E-state index in [2.05, 4.69) is 26.2 Å². The lowest BCUT2D eigenvalue weighted by molar-refractivity contribution is 1.32. The summed E-state index contributed by atoms with van der Waals surface area (Å²) in [5, 5.41) is 3.72. The van der Waals surface area contributed by atoms with Crippen LogP contribution >= 0.6 is 27.5 Å². The van der Waals surface area contributed by atoms with Gasteiger partial charge in [-0.15, -0.1) is 0 Å². The lowest BCUT2D eigenvalue weighted by Crippen LogP contribution is -1.91. The highest BCUT2D eigenvalue weighted by atomic mass is 79.9. The molecule has 0 saturated carbocycles. The maximum absolute atomic E-state index is 5.79. The zero-order valence-electron chi connectivity index (χ0n) is 7.74. The molecular weight excluding hydrogens is 275 g/mol. The molecule has 0 spiro atoms.